The molecule has 0 N–H and O–H groups in total. The Kier molecular flexibility index (Phi) is 12.0. The first-order chi connectivity index (χ1) is 3.31. The molecule has 0 aromatic rings. The van der Waals surface area contributed by atoms with Crippen LogP contribution < -0.4 is 34.4 Å². The van der Waals surface area contributed by atoms with E-state index in [1.807, 2.05) is 0 Å². The van der Waals surface area contributed by atoms with Crippen molar-refractivity contribution in [3.8, 4) is 0 Å². The van der Waals surface area contributed by atoms with Gasteiger partial charge in [0.25, 0.3) is 0 Å². The van der Waals surface area contributed by atoms with Gasteiger partial charge in [-0.05, 0) is 12.5 Å². The first-order valence-corrected chi connectivity index (χ1v) is 4.11. The van der Waals surface area contributed by atoms with E-state index in [-0.39, 0.29) is 29.6 Å². The molecule has 1 atom stereocenters. The zero-order valence-corrected chi connectivity index (χ0v) is 8.90. The van der Waals surface area contributed by atoms with Crippen LogP contribution in [0.25, 0.3) is 0 Å². The van der Waals surface area contributed by atoms with E-state index in [0.29, 0.717) is 12.5 Å². The van der Waals surface area contributed by atoms with E-state index in [1.54, 1.807) is 6.92 Å². The molecule has 0 radical (unpaired) electrons. The minimum Gasteiger partial charge on any atom is -0.863 e. The van der Waals surface area contributed by atoms with Crippen molar-refractivity contribution in [3.05, 3.63) is 0 Å². The summed E-state index contributed by atoms with van der Waals surface area (Å²) in [4.78, 5) is 9.80. The summed E-state index contributed by atoms with van der Waals surface area (Å²) >= 11 is 0. The number of hydrogen-bond acceptors (Lipinski definition) is 1. The molecule has 0 bridgehead atoms. The fourth-order valence-electron chi connectivity index (χ4n) is 0.332. The third kappa shape index (κ3) is 7.11. The van der Waals surface area contributed by atoms with Gasteiger partial charge in [0.2, 0.25) is 0 Å². The largest absolute Gasteiger partial charge is 1.00 e. The van der Waals surface area contributed by atoms with E-state index in [9.17, 15) is 9.19 Å². The summed E-state index contributed by atoms with van der Waals surface area (Å²) in [6.45, 7) is 1.76. The van der Waals surface area contributed by atoms with Crippen molar-refractivity contribution in [2.75, 3.05) is 0 Å². The van der Waals surface area contributed by atoms with Gasteiger partial charge >= 0.3 is 29.6 Å². The van der Waals surface area contributed by atoms with E-state index in [2.05, 4.69) is 0 Å². The van der Waals surface area contributed by atoms with Crippen LogP contribution in [0.1, 0.15) is 13.3 Å². The van der Waals surface area contributed by atoms with E-state index < -0.39 is 15.9 Å². The predicted molar refractivity (Wildman–Crippen MR) is 28.5 cm³/mol. The zero-order valence-electron chi connectivity index (χ0n) is 5.48. The second-order valence-corrected chi connectivity index (χ2v) is 2.48. The SMILES string of the molecule is CCC(F)C[SiH2][O-].[Na+]. The molecular weight excluding hydrogens is 134 g/mol. The Morgan fingerprint density at radius 2 is 2.25 bits per heavy atom. The third-order valence-corrected chi connectivity index (χ3v) is 1.74. The first-order valence-electron chi connectivity index (χ1n) is 2.53. The smallest absolute Gasteiger partial charge is 0.863 e. The molecule has 0 aliphatic heterocycles. The van der Waals surface area contributed by atoms with E-state index >= 15 is 0 Å². The number of hydrogen-bond donors (Lipinski definition) is 0. The van der Waals surface area contributed by atoms with Crippen molar-refractivity contribution >= 4 is 9.76 Å². The van der Waals surface area contributed by atoms with Gasteiger partial charge in [0.1, 0.15) is 0 Å². The molecular formula is C4H10FNaOSi. The van der Waals surface area contributed by atoms with E-state index in [0.717, 1.165) is 0 Å². The second kappa shape index (κ2) is 8.11. The van der Waals surface area contributed by atoms with Gasteiger partial charge < -0.3 is 4.80 Å². The Morgan fingerprint density at radius 1 is 1.75 bits per heavy atom. The molecule has 0 rings (SSSR count). The Bertz CT molecular complexity index is 47.0. The maximum absolute atomic E-state index is 12.0. The van der Waals surface area contributed by atoms with Crippen LogP contribution in [-0.4, -0.2) is 15.9 Å². The molecule has 8 heavy (non-hydrogen) atoms. The number of halogens is 1. The van der Waals surface area contributed by atoms with Crippen molar-refractivity contribution in [1.82, 2.24) is 0 Å². The Labute approximate surface area is 73.9 Å². The monoisotopic (exact) mass is 144 g/mol. The molecule has 0 saturated heterocycles. The molecule has 0 aromatic heterocycles. The van der Waals surface area contributed by atoms with Crippen molar-refractivity contribution in [3.63, 3.8) is 0 Å². The molecule has 0 spiro atoms. The first kappa shape index (κ1) is 11.9. The topological polar surface area (TPSA) is 23.1 Å². The normalized spacial score (nSPS) is 13.9. The fourth-order valence-corrected chi connectivity index (χ4v) is 0.996. The summed E-state index contributed by atoms with van der Waals surface area (Å²) < 4.78 is 12.0. The van der Waals surface area contributed by atoms with Gasteiger partial charge in [0.15, 0.2) is 0 Å². The quantitative estimate of drug-likeness (QED) is 0.379. The summed E-state index contributed by atoms with van der Waals surface area (Å²) in [7, 11) is -1.27. The van der Waals surface area contributed by atoms with Gasteiger partial charge in [-0.25, -0.2) is 4.39 Å². The Balaban J connectivity index is 0. The van der Waals surface area contributed by atoms with Crippen LogP contribution in [0.5, 0.6) is 0 Å². The molecule has 1 nitrogen and oxygen atoms in total. The van der Waals surface area contributed by atoms with Gasteiger partial charge in [-0.2, -0.15) is 0 Å². The third-order valence-electron chi connectivity index (χ3n) is 0.874. The molecule has 0 saturated carbocycles. The van der Waals surface area contributed by atoms with Gasteiger partial charge in [0.05, 0.1) is 6.17 Å². The van der Waals surface area contributed by atoms with Crippen LogP contribution in [0.4, 0.5) is 4.39 Å². The molecule has 44 valence electrons. The summed E-state index contributed by atoms with van der Waals surface area (Å²) in [6.07, 6.45) is -0.293. The summed E-state index contributed by atoms with van der Waals surface area (Å²) in [5, 5.41) is 0. The maximum atomic E-state index is 12.0. The van der Waals surface area contributed by atoms with E-state index in [4.69, 9.17) is 0 Å². The van der Waals surface area contributed by atoms with Gasteiger partial charge in [-0.3, -0.25) is 0 Å². The number of alkyl halides is 1. The predicted octanol–water partition coefficient (Wildman–Crippen LogP) is -3.40. The molecule has 0 aliphatic rings. The minimum atomic E-state index is -1.27. The van der Waals surface area contributed by atoms with Crippen molar-refractivity contribution < 1.29 is 38.7 Å². The maximum Gasteiger partial charge on any atom is 1.00 e. The average molecular weight is 144 g/mol. The molecule has 0 fully saturated rings. The van der Waals surface area contributed by atoms with Crippen LogP contribution in [0, 0.1) is 0 Å². The zero-order chi connectivity index (χ0) is 5.70. The number of rotatable bonds is 3. The standard InChI is InChI=1S/C4H10FOSi.Na/c1-2-4(5)3-7-6;/h4H,2-3,7H2,1H3;/q-1;+1. The van der Waals surface area contributed by atoms with Gasteiger partial charge in [-0.15, -0.1) is 0 Å². The fraction of sp³-hybridized carbons (Fsp3) is 1.00. The van der Waals surface area contributed by atoms with Gasteiger partial charge in [-0.1, -0.05) is 16.7 Å². The molecule has 0 aliphatic carbocycles. The van der Waals surface area contributed by atoms with Crippen molar-refractivity contribution in [1.29, 1.82) is 0 Å². The Hall–Kier alpha value is 1.11. The van der Waals surface area contributed by atoms with Crippen LogP contribution >= 0.6 is 0 Å². The average Bonchev–Trinajstić information content (AvgIpc) is 1.68. The van der Waals surface area contributed by atoms with Crippen LogP contribution in [0.2, 0.25) is 6.04 Å². The summed E-state index contributed by atoms with van der Waals surface area (Å²) in [5.41, 5.74) is 0. The molecule has 0 amide bonds. The van der Waals surface area contributed by atoms with Gasteiger partial charge in [0, 0.05) is 0 Å². The van der Waals surface area contributed by atoms with Crippen LogP contribution in [0.15, 0.2) is 0 Å². The minimum absolute atomic E-state index is 0. The van der Waals surface area contributed by atoms with E-state index in [1.165, 1.54) is 0 Å². The van der Waals surface area contributed by atoms with Crippen molar-refractivity contribution in [2.24, 2.45) is 0 Å². The van der Waals surface area contributed by atoms with Crippen LogP contribution in [0.3, 0.4) is 0 Å². The second-order valence-electron chi connectivity index (χ2n) is 1.50. The summed E-state index contributed by atoms with van der Waals surface area (Å²) in [6, 6.07) is 0.316. The molecule has 4 heteroatoms. The summed E-state index contributed by atoms with van der Waals surface area (Å²) in [5.74, 6) is 0. The molecule has 1 unspecified atom stereocenters. The molecule has 0 heterocycles. The molecule has 0 aromatic carbocycles. The Morgan fingerprint density at radius 3 is 2.38 bits per heavy atom. The van der Waals surface area contributed by atoms with Crippen molar-refractivity contribution in [2.45, 2.75) is 25.6 Å². The van der Waals surface area contributed by atoms with Crippen LogP contribution in [-0.2, 0) is 0 Å².